The number of aromatic nitrogens is 1. The van der Waals surface area contributed by atoms with E-state index in [1.54, 1.807) is 23.5 Å². The summed E-state index contributed by atoms with van der Waals surface area (Å²) in [6, 6.07) is 3.40. The Balaban J connectivity index is 2.05. The fourth-order valence-corrected chi connectivity index (χ4v) is 2.79. The van der Waals surface area contributed by atoms with Crippen LogP contribution in [0.1, 0.15) is 17.1 Å². The van der Waals surface area contributed by atoms with Crippen molar-refractivity contribution in [2.75, 3.05) is 26.6 Å². The van der Waals surface area contributed by atoms with Gasteiger partial charge in [-0.1, -0.05) is 0 Å². The van der Waals surface area contributed by atoms with E-state index in [4.69, 9.17) is 14.2 Å². The molecular formula is C16H20N2O4S. The maximum atomic E-state index is 12.1. The van der Waals surface area contributed by atoms with Crippen LogP contribution in [0.15, 0.2) is 17.5 Å². The van der Waals surface area contributed by atoms with Gasteiger partial charge in [-0.15, -0.1) is 11.3 Å². The third-order valence-electron chi connectivity index (χ3n) is 3.22. The SMILES string of the molecule is COc1cc(NC(=O)CCc2csc(C)n2)cc(OC)c1OC. The lowest BCUT2D eigenvalue weighted by Gasteiger charge is -2.14. The highest BCUT2D eigenvalue weighted by Gasteiger charge is 2.14. The Kier molecular flexibility index (Phi) is 5.81. The van der Waals surface area contributed by atoms with Crippen LogP contribution >= 0.6 is 11.3 Å². The molecule has 2 aromatic rings. The first kappa shape index (κ1) is 17.1. The molecule has 1 aromatic heterocycles. The first-order valence-corrected chi connectivity index (χ1v) is 7.96. The Labute approximate surface area is 139 Å². The van der Waals surface area contributed by atoms with Crippen LogP contribution in [0.25, 0.3) is 0 Å². The van der Waals surface area contributed by atoms with E-state index in [2.05, 4.69) is 10.3 Å². The normalized spacial score (nSPS) is 10.3. The number of thiazole rings is 1. The summed E-state index contributed by atoms with van der Waals surface area (Å²) in [5, 5.41) is 5.82. The molecule has 124 valence electrons. The monoisotopic (exact) mass is 336 g/mol. The average molecular weight is 336 g/mol. The molecule has 0 unspecified atom stereocenters. The second-order valence-corrected chi connectivity index (χ2v) is 5.88. The van der Waals surface area contributed by atoms with Crippen molar-refractivity contribution in [3.8, 4) is 17.2 Å². The molecule has 0 aliphatic rings. The Morgan fingerprint density at radius 2 is 1.83 bits per heavy atom. The zero-order valence-electron chi connectivity index (χ0n) is 13.6. The first-order valence-electron chi connectivity index (χ1n) is 7.08. The van der Waals surface area contributed by atoms with E-state index < -0.39 is 0 Å². The van der Waals surface area contributed by atoms with Crippen molar-refractivity contribution in [1.29, 1.82) is 0 Å². The van der Waals surface area contributed by atoms with E-state index in [0.717, 1.165) is 10.7 Å². The number of amides is 1. The number of benzene rings is 1. The minimum atomic E-state index is -0.0927. The molecule has 0 saturated heterocycles. The van der Waals surface area contributed by atoms with Crippen molar-refractivity contribution in [1.82, 2.24) is 4.98 Å². The number of methoxy groups -OCH3 is 3. The lowest BCUT2D eigenvalue weighted by molar-refractivity contribution is -0.116. The van der Waals surface area contributed by atoms with Gasteiger partial charge >= 0.3 is 0 Å². The summed E-state index contributed by atoms with van der Waals surface area (Å²) in [6.07, 6.45) is 0.973. The molecule has 0 atom stereocenters. The van der Waals surface area contributed by atoms with Crippen LogP contribution < -0.4 is 19.5 Å². The molecule has 0 spiro atoms. The zero-order chi connectivity index (χ0) is 16.8. The summed E-state index contributed by atoms with van der Waals surface area (Å²) in [6.45, 7) is 1.95. The fraction of sp³-hybridized carbons (Fsp3) is 0.375. The van der Waals surface area contributed by atoms with E-state index in [0.29, 0.717) is 35.8 Å². The summed E-state index contributed by atoms with van der Waals surface area (Å²) < 4.78 is 15.8. The van der Waals surface area contributed by atoms with Crippen LogP contribution in [-0.4, -0.2) is 32.2 Å². The smallest absolute Gasteiger partial charge is 0.224 e. The van der Waals surface area contributed by atoms with Crippen LogP contribution in [-0.2, 0) is 11.2 Å². The number of hydrogen-bond donors (Lipinski definition) is 1. The van der Waals surface area contributed by atoms with Crippen molar-refractivity contribution >= 4 is 22.9 Å². The molecule has 7 heteroatoms. The summed E-state index contributed by atoms with van der Waals surface area (Å²) in [7, 11) is 4.61. The van der Waals surface area contributed by atoms with Gasteiger partial charge in [0.1, 0.15) is 0 Å². The molecule has 0 saturated carbocycles. The van der Waals surface area contributed by atoms with Crippen molar-refractivity contribution in [3.05, 3.63) is 28.2 Å². The Morgan fingerprint density at radius 1 is 1.17 bits per heavy atom. The van der Waals surface area contributed by atoms with Gasteiger partial charge < -0.3 is 19.5 Å². The van der Waals surface area contributed by atoms with Gasteiger partial charge in [0.25, 0.3) is 0 Å². The predicted molar refractivity (Wildman–Crippen MR) is 89.9 cm³/mol. The zero-order valence-corrected chi connectivity index (χ0v) is 14.5. The van der Waals surface area contributed by atoms with Crippen LogP contribution in [0.5, 0.6) is 17.2 Å². The Bertz CT molecular complexity index is 659. The van der Waals surface area contributed by atoms with E-state index >= 15 is 0 Å². The van der Waals surface area contributed by atoms with Crippen molar-refractivity contribution in [3.63, 3.8) is 0 Å². The van der Waals surface area contributed by atoms with Crippen LogP contribution in [0.3, 0.4) is 0 Å². The number of rotatable bonds is 7. The molecule has 1 amide bonds. The summed E-state index contributed by atoms with van der Waals surface area (Å²) in [4.78, 5) is 16.4. The van der Waals surface area contributed by atoms with Crippen molar-refractivity contribution in [2.24, 2.45) is 0 Å². The van der Waals surface area contributed by atoms with E-state index in [9.17, 15) is 4.79 Å². The largest absolute Gasteiger partial charge is 0.493 e. The third-order valence-corrected chi connectivity index (χ3v) is 4.05. The number of anilines is 1. The molecule has 6 nitrogen and oxygen atoms in total. The standard InChI is InChI=1S/C16H20N2O4S/c1-10-17-11(9-23-10)5-6-15(19)18-12-7-13(20-2)16(22-4)14(8-12)21-3/h7-9H,5-6H2,1-4H3,(H,18,19). The number of hydrogen-bond acceptors (Lipinski definition) is 6. The number of carbonyl (C=O) groups excluding carboxylic acids is 1. The van der Waals surface area contributed by atoms with Gasteiger partial charge in [-0.2, -0.15) is 0 Å². The molecule has 0 aliphatic carbocycles. The number of nitrogens with zero attached hydrogens (tertiary/aromatic N) is 1. The molecule has 0 radical (unpaired) electrons. The van der Waals surface area contributed by atoms with Gasteiger partial charge in [-0.05, 0) is 13.3 Å². The molecule has 23 heavy (non-hydrogen) atoms. The summed E-state index contributed by atoms with van der Waals surface area (Å²) in [5.41, 5.74) is 1.53. The molecule has 1 aromatic carbocycles. The Morgan fingerprint density at radius 3 is 2.30 bits per heavy atom. The van der Waals surface area contributed by atoms with E-state index in [1.165, 1.54) is 21.3 Å². The molecular weight excluding hydrogens is 316 g/mol. The lowest BCUT2D eigenvalue weighted by atomic mass is 10.2. The number of aryl methyl sites for hydroxylation is 2. The van der Waals surface area contributed by atoms with Gasteiger partial charge in [0.15, 0.2) is 11.5 Å². The fourth-order valence-electron chi connectivity index (χ4n) is 2.14. The summed E-state index contributed by atoms with van der Waals surface area (Å²) in [5.74, 6) is 1.39. The minimum Gasteiger partial charge on any atom is -0.493 e. The highest BCUT2D eigenvalue weighted by molar-refractivity contribution is 7.09. The molecule has 2 rings (SSSR count). The van der Waals surface area contributed by atoms with Crippen molar-refractivity contribution < 1.29 is 19.0 Å². The van der Waals surface area contributed by atoms with Gasteiger partial charge in [-0.25, -0.2) is 4.98 Å². The predicted octanol–water partition coefficient (Wildman–Crippen LogP) is 3.05. The molecule has 0 fully saturated rings. The molecule has 1 heterocycles. The number of nitrogens with one attached hydrogen (secondary N) is 1. The summed E-state index contributed by atoms with van der Waals surface area (Å²) >= 11 is 1.58. The van der Waals surface area contributed by atoms with Crippen LogP contribution in [0.2, 0.25) is 0 Å². The lowest BCUT2D eigenvalue weighted by Crippen LogP contribution is -2.12. The maximum absolute atomic E-state index is 12.1. The highest BCUT2D eigenvalue weighted by atomic mass is 32.1. The molecule has 0 aliphatic heterocycles. The van der Waals surface area contributed by atoms with Crippen LogP contribution in [0.4, 0.5) is 5.69 Å². The molecule has 1 N–H and O–H groups in total. The Hall–Kier alpha value is -2.28. The highest BCUT2D eigenvalue weighted by Crippen LogP contribution is 2.39. The van der Waals surface area contributed by atoms with Crippen molar-refractivity contribution in [2.45, 2.75) is 19.8 Å². The quantitative estimate of drug-likeness (QED) is 0.841. The minimum absolute atomic E-state index is 0.0927. The first-order chi connectivity index (χ1) is 11.1. The third kappa shape index (κ3) is 4.35. The second-order valence-electron chi connectivity index (χ2n) is 4.82. The second kappa shape index (κ2) is 7.82. The van der Waals surface area contributed by atoms with Gasteiger partial charge in [0, 0.05) is 29.6 Å². The molecule has 0 bridgehead atoms. The van der Waals surface area contributed by atoms with E-state index in [-0.39, 0.29) is 5.91 Å². The van der Waals surface area contributed by atoms with Gasteiger partial charge in [0.05, 0.1) is 32.0 Å². The van der Waals surface area contributed by atoms with Crippen LogP contribution in [0, 0.1) is 6.92 Å². The van der Waals surface area contributed by atoms with Gasteiger partial charge in [-0.3, -0.25) is 4.79 Å². The average Bonchev–Trinajstić information content (AvgIpc) is 2.97. The number of carbonyl (C=O) groups is 1. The number of ether oxygens (including phenoxy) is 3. The van der Waals surface area contributed by atoms with E-state index in [1.807, 2.05) is 12.3 Å². The topological polar surface area (TPSA) is 69.7 Å². The maximum Gasteiger partial charge on any atom is 0.224 e. The van der Waals surface area contributed by atoms with Gasteiger partial charge in [0.2, 0.25) is 11.7 Å².